The zero-order chi connectivity index (χ0) is 15.5. The molecular weight excluding hydrogens is 306 g/mol. The van der Waals surface area contributed by atoms with Crippen molar-refractivity contribution >= 4 is 23.1 Å². The number of furan rings is 1. The van der Waals surface area contributed by atoms with Crippen molar-refractivity contribution in [3.63, 3.8) is 0 Å². The first-order valence-electron chi connectivity index (χ1n) is 6.29. The molecule has 3 rings (SSSR count). The van der Waals surface area contributed by atoms with Crippen molar-refractivity contribution in [1.82, 2.24) is 15.2 Å². The van der Waals surface area contributed by atoms with Crippen molar-refractivity contribution < 1.29 is 14.3 Å². The minimum Gasteiger partial charge on any atom is -0.507 e. The van der Waals surface area contributed by atoms with Gasteiger partial charge in [0, 0.05) is 16.7 Å². The summed E-state index contributed by atoms with van der Waals surface area (Å²) in [5.41, 5.74) is 1.13. The number of aromatic nitrogens is 3. The van der Waals surface area contributed by atoms with E-state index in [0.717, 1.165) is 11.6 Å². The third kappa shape index (κ3) is 2.77. The molecule has 1 aromatic carbocycles. The molecule has 0 saturated carbocycles. The van der Waals surface area contributed by atoms with E-state index in [-0.39, 0.29) is 11.6 Å². The molecule has 2 aromatic heterocycles. The first-order chi connectivity index (χ1) is 10.6. The molecule has 0 fully saturated rings. The van der Waals surface area contributed by atoms with Crippen molar-refractivity contribution in [1.29, 1.82) is 0 Å². The van der Waals surface area contributed by atoms with Crippen LogP contribution in [0.2, 0.25) is 5.02 Å². The molecule has 0 radical (unpaired) electrons. The number of nitrogens with zero attached hydrogens (tertiary/aromatic N) is 2. The molecular formula is C15H10ClN3O3. The highest BCUT2D eigenvalue weighted by atomic mass is 35.5. The number of carbonyl (C=O) groups excluding carboxylic acids is 1. The van der Waals surface area contributed by atoms with Gasteiger partial charge in [0.1, 0.15) is 17.8 Å². The molecule has 110 valence electrons. The summed E-state index contributed by atoms with van der Waals surface area (Å²) in [7, 11) is 0. The van der Waals surface area contributed by atoms with Crippen molar-refractivity contribution in [2.75, 3.05) is 0 Å². The number of aliphatic hydroxyl groups excluding tert-OH is 1. The first kappa shape index (κ1) is 14.1. The van der Waals surface area contributed by atoms with Gasteiger partial charge in [-0.25, -0.2) is 4.98 Å². The van der Waals surface area contributed by atoms with Crippen LogP contribution in [-0.4, -0.2) is 26.1 Å². The summed E-state index contributed by atoms with van der Waals surface area (Å²) < 4.78 is 5.39. The van der Waals surface area contributed by atoms with Gasteiger partial charge >= 0.3 is 0 Å². The number of carbonyl (C=O) groups is 1. The number of hydrogen-bond donors (Lipinski definition) is 2. The molecule has 0 aliphatic carbocycles. The Bertz CT molecular complexity index is 820. The van der Waals surface area contributed by atoms with E-state index in [2.05, 4.69) is 15.2 Å². The van der Waals surface area contributed by atoms with Gasteiger partial charge in [-0.1, -0.05) is 11.6 Å². The number of rotatable bonds is 4. The fraction of sp³-hybridized carbons (Fsp3) is 0. The number of aliphatic hydroxyl groups is 1. The number of aromatic amines is 1. The van der Waals surface area contributed by atoms with E-state index in [0.29, 0.717) is 16.3 Å². The van der Waals surface area contributed by atoms with Crippen molar-refractivity contribution in [3.05, 3.63) is 65.4 Å². The van der Waals surface area contributed by atoms with Crippen LogP contribution in [0, 0.1) is 0 Å². The maximum atomic E-state index is 11.9. The summed E-state index contributed by atoms with van der Waals surface area (Å²) in [5, 5.41) is 16.8. The predicted molar refractivity (Wildman–Crippen MR) is 80.5 cm³/mol. The van der Waals surface area contributed by atoms with Crippen molar-refractivity contribution in [2.45, 2.75) is 0 Å². The van der Waals surface area contributed by atoms with Gasteiger partial charge in [-0.15, -0.1) is 0 Å². The smallest absolute Gasteiger partial charge is 0.226 e. The Morgan fingerprint density at radius 2 is 2.05 bits per heavy atom. The second-order valence-electron chi connectivity index (χ2n) is 4.40. The normalized spacial score (nSPS) is 11.6. The van der Waals surface area contributed by atoms with Gasteiger partial charge in [0.2, 0.25) is 5.78 Å². The summed E-state index contributed by atoms with van der Waals surface area (Å²) >= 11 is 5.85. The molecule has 22 heavy (non-hydrogen) atoms. The van der Waals surface area contributed by atoms with Crippen LogP contribution in [-0.2, 0) is 0 Å². The Kier molecular flexibility index (Phi) is 3.76. The number of halogens is 1. The van der Waals surface area contributed by atoms with E-state index in [1.165, 1.54) is 12.6 Å². The Morgan fingerprint density at radius 1 is 1.27 bits per heavy atom. The van der Waals surface area contributed by atoms with Crippen LogP contribution in [0.25, 0.3) is 17.1 Å². The lowest BCUT2D eigenvalue weighted by molar-refractivity contribution is 0.103. The van der Waals surface area contributed by atoms with Gasteiger partial charge in [-0.05, 0) is 30.3 Å². The fourth-order valence-electron chi connectivity index (χ4n) is 1.93. The van der Waals surface area contributed by atoms with E-state index >= 15 is 0 Å². The van der Waals surface area contributed by atoms with Gasteiger partial charge in [-0.2, -0.15) is 5.10 Å². The number of ketones is 1. The number of hydrogen-bond acceptors (Lipinski definition) is 5. The van der Waals surface area contributed by atoms with E-state index in [4.69, 9.17) is 16.0 Å². The third-order valence-electron chi connectivity index (χ3n) is 2.96. The number of H-pyrrole nitrogens is 1. The molecule has 0 aliphatic rings. The average molecular weight is 316 g/mol. The van der Waals surface area contributed by atoms with E-state index in [1.54, 1.807) is 30.3 Å². The van der Waals surface area contributed by atoms with Crippen LogP contribution in [0.1, 0.15) is 16.2 Å². The summed E-state index contributed by atoms with van der Waals surface area (Å²) in [5.74, 6) is -0.225. The molecule has 0 saturated heterocycles. The van der Waals surface area contributed by atoms with Gasteiger partial charge in [0.05, 0.1) is 11.8 Å². The lowest BCUT2D eigenvalue weighted by Gasteiger charge is -2.02. The Morgan fingerprint density at radius 3 is 2.73 bits per heavy atom. The van der Waals surface area contributed by atoms with Crippen LogP contribution in [0.3, 0.4) is 0 Å². The minimum absolute atomic E-state index is 0.0445. The summed E-state index contributed by atoms with van der Waals surface area (Å²) in [6.45, 7) is 0. The van der Waals surface area contributed by atoms with Crippen molar-refractivity contribution in [2.24, 2.45) is 0 Å². The lowest BCUT2D eigenvalue weighted by Crippen LogP contribution is -1.99. The molecule has 0 bridgehead atoms. The maximum Gasteiger partial charge on any atom is 0.226 e. The first-order valence-corrected chi connectivity index (χ1v) is 6.67. The summed E-state index contributed by atoms with van der Waals surface area (Å²) in [4.78, 5) is 15.6. The highest BCUT2D eigenvalue weighted by Gasteiger charge is 2.15. The van der Waals surface area contributed by atoms with Gasteiger partial charge in [0.25, 0.3) is 0 Å². The molecule has 6 nitrogen and oxygen atoms in total. The molecule has 0 atom stereocenters. The highest BCUT2D eigenvalue weighted by molar-refractivity contribution is 6.30. The van der Waals surface area contributed by atoms with E-state index in [9.17, 15) is 9.90 Å². The van der Waals surface area contributed by atoms with Crippen LogP contribution < -0.4 is 0 Å². The van der Waals surface area contributed by atoms with Gasteiger partial charge < -0.3 is 9.52 Å². The largest absolute Gasteiger partial charge is 0.507 e. The molecule has 0 spiro atoms. The second kappa shape index (κ2) is 5.87. The van der Waals surface area contributed by atoms with Crippen LogP contribution in [0.5, 0.6) is 0 Å². The number of benzene rings is 1. The second-order valence-corrected chi connectivity index (χ2v) is 4.83. The molecule has 7 heteroatoms. The number of nitrogens with one attached hydrogen (secondary N) is 1. The zero-order valence-corrected chi connectivity index (χ0v) is 11.9. The zero-order valence-electron chi connectivity index (χ0n) is 11.2. The van der Waals surface area contributed by atoms with Gasteiger partial charge in [0.15, 0.2) is 5.82 Å². The highest BCUT2D eigenvalue weighted by Crippen LogP contribution is 2.30. The Balaban J connectivity index is 1.94. The third-order valence-corrected chi connectivity index (χ3v) is 3.22. The summed E-state index contributed by atoms with van der Waals surface area (Å²) in [6.07, 6.45) is 3.71. The monoisotopic (exact) mass is 315 g/mol. The number of allylic oxidation sites excluding steroid dienone is 1. The topological polar surface area (TPSA) is 92.0 Å². The van der Waals surface area contributed by atoms with E-state index in [1.807, 2.05) is 0 Å². The molecule has 0 aliphatic heterocycles. The van der Waals surface area contributed by atoms with Gasteiger partial charge in [-0.3, -0.25) is 9.89 Å². The quantitative estimate of drug-likeness (QED) is 0.437. The average Bonchev–Trinajstić information content (AvgIpc) is 3.19. The Hall–Kier alpha value is -2.86. The van der Waals surface area contributed by atoms with Crippen LogP contribution in [0.15, 0.2) is 53.4 Å². The Labute approximate surface area is 130 Å². The minimum atomic E-state index is -0.488. The fourth-order valence-corrected chi connectivity index (χ4v) is 2.06. The van der Waals surface area contributed by atoms with Crippen molar-refractivity contribution in [3.8, 4) is 11.3 Å². The molecule has 0 unspecified atom stereocenters. The molecule has 2 heterocycles. The SMILES string of the molecule is O=C(C=C(O)c1ccoc1-c1ccc(Cl)cc1)c1ncn[nH]1. The molecule has 2 N–H and O–H groups in total. The summed E-state index contributed by atoms with van der Waals surface area (Å²) in [6, 6.07) is 8.52. The molecule has 3 aromatic rings. The standard InChI is InChI=1S/C15H10ClN3O3/c16-10-3-1-9(2-4-10)14-11(5-6-22-14)12(20)7-13(21)15-17-8-18-19-15/h1-8,20H,(H,17,18,19). The van der Waals surface area contributed by atoms with Crippen LogP contribution in [0.4, 0.5) is 0 Å². The van der Waals surface area contributed by atoms with Crippen LogP contribution >= 0.6 is 11.6 Å². The lowest BCUT2D eigenvalue weighted by atomic mass is 10.1. The molecule has 0 amide bonds. The maximum absolute atomic E-state index is 11.9. The predicted octanol–water partition coefficient (Wildman–Crippen LogP) is 3.50. The van der Waals surface area contributed by atoms with E-state index < -0.39 is 5.78 Å².